The van der Waals surface area contributed by atoms with Gasteiger partial charge in [0.2, 0.25) is 11.8 Å². The SMILES string of the molecule is CC.COCCN(C)c1ccnc(OC2CC(C)N(C/C(SC(C)=O)=C(F)/N=C/N)C2)c1. The first-order valence-electron chi connectivity index (χ1n) is 10.7. The van der Waals surface area contributed by atoms with Gasteiger partial charge in [0.25, 0.3) is 0 Å². The van der Waals surface area contributed by atoms with Gasteiger partial charge in [-0.1, -0.05) is 25.6 Å². The summed E-state index contributed by atoms with van der Waals surface area (Å²) in [5.74, 6) is -0.189. The number of anilines is 1. The zero-order chi connectivity index (χ0) is 24.1. The van der Waals surface area contributed by atoms with Crippen molar-refractivity contribution in [2.45, 2.75) is 46.3 Å². The first-order chi connectivity index (χ1) is 15.3. The van der Waals surface area contributed by atoms with Crippen LogP contribution < -0.4 is 15.4 Å². The monoisotopic (exact) mass is 469 g/mol. The van der Waals surface area contributed by atoms with Crippen LogP contribution in [0.2, 0.25) is 0 Å². The Balaban J connectivity index is 0.00000249. The van der Waals surface area contributed by atoms with E-state index in [1.807, 2.05) is 40.0 Å². The third kappa shape index (κ3) is 9.13. The van der Waals surface area contributed by atoms with Gasteiger partial charge in [-0.15, -0.1) is 0 Å². The first kappa shape index (κ1) is 27.9. The van der Waals surface area contributed by atoms with Gasteiger partial charge in [-0.3, -0.25) is 9.69 Å². The molecule has 32 heavy (non-hydrogen) atoms. The van der Waals surface area contributed by atoms with Crippen molar-refractivity contribution in [2.24, 2.45) is 10.7 Å². The van der Waals surface area contributed by atoms with Crippen LogP contribution in [0.4, 0.5) is 10.1 Å². The molecule has 10 heteroatoms. The molecule has 1 aromatic rings. The maximum atomic E-state index is 14.2. The van der Waals surface area contributed by atoms with Crippen LogP contribution in [-0.4, -0.2) is 73.9 Å². The van der Waals surface area contributed by atoms with Crippen LogP contribution in [0.5, 0.6) is 5.88 Å². The molecule has 2 atom stereocenters. The molecular weight excluding hydrogens is 433 g/mol. The summed E-state index contributed by atoms with van der Waals surface area (Å²) in [6.07, 6.45) is 3.29. The molecule has 2 N–H and O–H groups in total. The molecule has 1 aromatic heterocycles. The molecule has 0 spiro atoms. The van der Waals surface area contributed by atoms with Gasteiger partial charge in [0, 0.05) is 71.1 Å². The number of likely N-dealkylation sites (N-methyl/N-ethyl adjacent to an activating group) is 1. The Morgan fingerprint density at radius 1 is 1.50 bits per heavy atom. The number of aromatic nitrogens is 1. The van der Waals surface area contributed by atoms with Crippen molar-refractivity contribution in [1.82, 2.24) is 9.88 Å². The molecule has 1 saturated heterocycles. The minimum Gasteiger partial charge on any atom is -0.473 e. The molecule has 180 valence electrons. The molecule has 2 unspecified atom stereocenters. The van der Waals surface area contributed by atoms with Crippen molar-refractivity contribution in [1.29, 1.82) is 0 Å². The molecule has 0 aliphatic carbocycles. The Hall–Kier alpha value is -2.17. The number of methoxy groups -OCH3 is 1. The fourth-order valence-corrected chi connectivity index (χ4v) is 3.93. The number of ether oxygens (including phenoxy) is 2. The van der Waals surface area contributed by atoms with E-state index < -0.39 is 5.95 Å². The summed E-state index contributed by atoms with van der Waals surface area (Å²) in [5.41, 5.74) is 6.18. The maximum absolute atomic E-state index is 14.2. The van der Waals surface area contributed by atoms with Gasteiger partial charge >= 0.3 is 0 Å². The molecule has 0 amide bonds. The van der Waals surface area contributed by atoms with Crippen LogP contribution in [0.25, 0.3) is 0 Å². The standard InChI is InChI=1S/C20H30FN5O3S.C2H6/c1-14-9-17(11-26(14)12-18(30-15(2)27)20(21)24-13-22)29-19-10-16(5-6-23-19)25(3)7-8-28-4;1-2/h5-6,10,13-14,17H,7-9,11-12H2,1-4H3,(H2,22,24);1-2H3/b20-18-;. The van der Waals surface area contributed by atoms with Gasteiger partial charge in [0.05, 0.1) is 17.9 Å². The third-order valence-electron chi connectivity index (χ3n) is 4.77. The summed E-state index contributed by atoms with van der Waals surface area (Å²) in [6.45, 7) is 9.68. The Kier molecular flexibility index (Phi) is 12.9. The lowest BCUT2D eigenvalue weighted by molar-refractivity contribution is -0.109. The number of pyridine rings is 1. The van der Waals surface area contributed by atoms with Crippen molar-refractivity contribution in [3.05, 3.63) is 29.2 Å². The summed E-state index contributed by atoms with van der Waals surface area (Å²) in [6, 6.07) is 3.97. The van der Waals surface area contributed by atoms with Crippen LogP contribution in [-0.2, 0) is 9.53 Å². The second kappa shape index (κ2) is 14.8. The van der Waals surface area contributed by atoms with Crippen molar-refractivity contribution in [2.75, 3.05) is 45.3 Å². The molecule has 1 aliphatic rings. The van der Waals surface area contributed by atoms with E-state index in [2.05, 4.69) is 19.8 Å². The van der Waals surface area contributed by atoms with Gasteiger partial charge in [-0.25, -0.2) is 9.98 Å². The van der Waals surface area contributed by atoms with E-state index in [0.29, 0.717) is 19.0 Å². The summed E-state index contributed by atoms with van der Waals surface area (Å²) in [7, 11) is 3.65. The van der Waals surface area contributed by atoms with E-state index in [1.165, 1.54) is 6.92 Å². The molecule has 0 aromatic carbocycles. The number of halogens is 1. The maximum Gasteiger partial charge on any atom is 0.225 e. The number of nitrogens with two attached hydrogens (primary N) is 1. The smallest absolute Gasteiger partial charge is 0.225 e. The van der Waals surface area contributed by atoms with Gasteiger partial charge in [0.15, 0.2) is 5.12 Å². The molecule has 0 radical (unpaired) electrons. The highest BCUT2D eigenvalue weighted by atomic mass is 32.2. The van der Waals surface area contributed by atoms with Gasteiger partial charge in [-0.2, -0.15) is 4.39 Å². The lowest BCUT2D eigenvalue weighted by atomic mass is 10.2. The quantitative estimate of drug-likeness (QED) is 0.316. The normalized spacial score (nSPS) is 19.3. The minimum atomic E-state index is -0.734. The predicted molar refractivity (Wildman–Crippen MR) is 130 cm³/mol. The second-order valence-electron chi connectivity index (χ2n) is 7.11. The van der Waals surface area contributed by atoms with Gasteiger partial charge in [-0.05, 0) is 13.0 Å². The number of hydrogen-bond donors (Lipinski definition) is 1. The van der Waals surface area contributed by atoms with Crippen LogP contribution in [0.3, 0.4) is 0 Å². The van der Waals surface area contributed by atoms with E-state index in [9.17, 15) is 9.18 Å². The zero-order valence-electron chi connectivity index (χ0n) is 19.9. The van der Waals surface area contributed by atoms with Crippen molar-refractivity contribution in [3.63, 3.8) is 0 Å². The first-order valence-corrected chi connectivity index (χ1v) is 11.5. The lowest BCUT2D eigenvalue weighted by Gasteiger charge is -2.22. The molecule has 0 saturated carbocycles. The molecule has 1 fully saturated rings. The summed E-state index contributed by atoms with van der Waals surface area (Å²) in [4.78, 5) is 23.7. The van der Waals surface area contributed by atoms with Crippen LogP contribution in [0.1, 0.15) is 34.1 Å². The van der Waals surface area contributed by atoms with Gasteiger partial charge in [0.1, 0.15) is 6.10 Å². The summed E-state index contributed by atoms with van der Waals surface area (Å²) in [5, 5.41) is -0.203. The number of rotatable bonds is 10. The van der Waals surface area contributed by atoms with E-state index in [1.54, 1.807) is 13.3 Å². The molecule has 8 nitrogen and oxygen atoms in total. The van der Waals surface area contributed by atoms with E-state index in [0.717, 1.165) is 36.8 Å². The fourth-order valence-electron chi connectivity index (χ4n) is 3.22. The topological polar surface area (TPSA) is 93.3 Å². The molecule has 2 rings (SSSR count). The Morgan fingerprint density at radius 2 is 2.22 bits per heavy atom. The highest BCUT2D eigenvalue weighted by Gasteiger charge is 2.32. The van der Waals surface area contributed by atoms with E-state index >= 15 is 0 Å². The Labute approximate surface area is 195 Å². The lowest BCUT2D eigenvalue weighted by Crippen LogP contribution is -2.30. The molecule has 2 heterocycles. The van der Waals surface area contributed by atoms with Crippen molar-refractivity contribution >= 4 is 28.9 Å². The van der Waals surface area contributed by atoms with Crippen molar-refractivity contribution in [3.8, 4) is 5.88 Å². The Morgan fingerprint density at radius 3 is 2.84 bits per heavy atom. The average Bonchev–Trinajstić information content (AvgIpc) is 3.11. The predicted octanol–water partition coefficient (Wildman–Crippen LogP) is 3.44. The highest BCUT2D eigenvalue weighted by molar-refractivity contribution is 8.16. The van der Waals surface area contributed by atoms with Crippen molar-refractivity contribution < 1.29 is 18.7 Å². The van der Waals surface area contributed by atoms with E-state index in [4.69, 9.17) is 15.2 Å². The molecular formula is C22H36FN5O3S. The number of carbonyl (C=O) groups excluding carboxylic acids is 1. The number of aliphatic imine (C=N–C) groups is 1. The minimum absolute atomic E-state index is 0.0864. The number of thioether (sulfide) groups is 1. The number of likely N-dealkylation sites (tertiary alicyclic amines) is 1. The van der Waals surface area contributed by atoms with Crippen LogP contribution >= 0.6 is 11.8 Å². The summed E-state index contributed by atoms with van der Waals surface area (Å²) >= 11 is 0.839. The largest absolute Gasteiger partial charge is 0.473 e. The van der Waals surface area contributed by atoms with Crippen LogP contribution in [0.15, 0.2) is 34.2 Å². The average molecular weight is 470 g/mol. The highest BCUT2D eigenvalue weighted by Crippen LogP contribution is 2.29. The van der Waals surface area contributed by atoms with Crippen LogP contribution in [0, 0.1) is 0 Å². The molecule has 1 aliphatic heterocycles. The third-order valence-corrected chi connectivity index (χ3v) is 5.61. The number of nitrogens with zero attached hydrogens (tertiary/aromatic N) is 4. The fraction of sp³-hybridized carbons (Fsp3) is 0.591. The number of carbonyl (C=O) groups is 1. The zero-order valence-corrected chi connectivity index (χ0v) is 20.7. The van der Waals surface area contributed by atoms with E-state index in [-0.39, 0.29) is 28.7 Å². The molecule has 0 bridgehead atoms. The number of hydrogen-bond acceptors (Lipinski definition) is 8. The second-order valence-corrected chi connectivity index (χ2v) is 8.38. The van der Waals surface area contributed by atoms with Gasteiger partial charge < -0.3 is 20.1 Å². The Bertz CT molecular complexity index is 778. The summed E-state index contributed by atoms with van der Waals surface area (Å²) < 4.78 is 25.4.